The van der Waals surface area contributed by atoms with Gasteiger partial charge in [-0.1, -0.05) is 48.5 Å². The summed E-state index contributed by atoms with van der Waals surface area (Å²) < 4.78 is 0. The maximum atomic E-state index is 11.8. The lowest BCUT2D eigenvalue weighted by atomic mass is 10.1. The fourth-order valence-corrected chi connectivity index (χ4v) is 2.08. The zero-order chi connectivity index (χ0) is 16.5. The van der Waals surface area contributed by atoms with Gasteiger partial charge in [-0.2, -0.15) is 0 Å². The Balaban J connectivity index is 1.75. The number of aryl methyl sites for hydroxylation is 1. The van der Waals surface area contributed by atoms with Gasteiger partial charge in [0.05, 0.1) is 0 Å². The fourth-order valence-electron chi connectivity index (χ4n) is 2.08. The van der Waals surface area contributed by atoms with Gasteiger partial charge in [-0.05, 0) is 29.2 Å². The molecule has 0 atom stereocenters. The topological polar surface area (TPSA) is 79.8 Å². The van der Waals surface area contributed by atoms with Crippen LogP contribution in [0.2, 0.25) is 0 Å². The lowest BCUT2D eigenvalue weighted by molar-refractivity contribution is 0.126. The van der Waals surface area contributed by atoms with Crippen LogP contribution in [0.1, 0.15) is 22.3 Å². The molecule has 2 aromatic rings. The predicted molar refractivity (Wildman–Crippen MR) is 87.3 cm³/mol. The van der Waals surface area contributed by atoms with Gasteiger partial charge in [0.15, 0.2) is 5.34 Å². The van der Waals surface area contributed by atoms with Crippen molar-refractivity contribution in [2.45, 2.75) is 26.6 Å². The van der Waals surface area contributed by atoms with Gasteiger partial charge in [0, 0.05) is 13.1 Å². The smallest absolute Gasteiger partial charge is 0.315 e. The second-order valence-electron chi connectivity index (χ2n) is 5.13. The minimum absolute atomic E-state index is 0.147. The Morgan fingerprint density at radius 2 is 1.65 bits per heavy atom. The monoisotopic (exact) mass is 313 g/mol. The zero-order valence-electron chi connectivity index (χ0n) is 12.9. The van der Waals surface area contributed by atoms with E-state index < -0.39 is 0 Å². The van der Waals surface area contributed by atoms with E-state index in [1.165, 1.54) is 0 Å². The Labute approximate surface area is 134 Å². The van der Waals surface area contributed by atoms with Crippen molar-refractivity contribution in [1.82, 2.24) is 10.6 Å². The van der Waals surface area contributed by atoms with Gasteiger partial charge in [0.1, 0.15) is 6.61 Å². The Morgan fingerprint density at radius 1 is 1.00 bits per heavy atom. The minimum Gasteiger partial charge on any atom is -0.359 e. The highest BCUT2D eigenvalue weighted by Crippen LogP contribution is 2.07. The third kappa shape index (κ3) is 5.43. The molecule has 2 amide bonds. The maximum absolute atomic E-state index is 11.8. The Morgan fingerprint density at radius 3 is 2.35 bits per heavy atom. The lowest BCUT2D eigenvalue weighted by Crippen LogP contribution is -2.34. The molecule has 0 heterocycles. The van der Waals surface area contributed by atoms with E-state index >= 15 is 0 Å². The number of carbonyl (C=O) groups excluding carboxylic acids is 1. The van der Waals surface area contributed by atoms with Crippen molar-refractivity contribution >= 4 is 6.03 Å². The van der Waals surface area contributed by atoms with Gasteiger partial charge >= 0.3 is 6.03 Å². The van der Waals surface area contributed by atoms with Crippen molar-refractivity contribution in [1.29, 1.82) is 0 Å². The molecule has 0 unspecified atom stereocenters. The molecular weight excluding hydrogens is 294 g/mol. The van der Waals surface area contributed by atoms with Gasteiger partial charge in [-0.15, -0.1) is 4.91 Å². The summed E-state index contributed by atoms with van der Waals surface area (Å²) in [5.74, 6) is 0. The van der Waals surface area contributed by atoms with E-state index in [-0.39, 0.29) is 12.6 Å². The molecule has 2 N–H and O–H groups in total. The van der Waals surface area contributed by atoms with Crippen LogP contribution in [-0.2, 0) is 24.5 Å². The molecule has 0 aliphatic rings. The zero-order valence-corrected chi connectivity index (χ0v) is 12.9. The van der Waals surface area contributed by atoms with Gasteiger partial charge in [0.2, 0.25) is 0 Å². The molecule has 0 spiro atoms. The molecule has 0 bridgehead atoms. The van der Waals surface area contributed by atoms with Crippen molar-refractivity contribution < 1.29 is 9.63 Å². The number of urea groups is 1. The van der Waals surface area contributed by atoms with Crippen molar-refractivity contribution in [2.75, 3.05) is 0 Å². The third-order valence-electron chi connectivity index (χ3n) is 3.46. The average Bonchev–Trinajstić information content (AvgIpc) is 2.58. The molecule has 2 aromatic carbocycles. The second kappa shape index (κ2) is 8.53. The van der Waals surface area contributed by atoms with Crippen molar-refractivity contribution in [2.24, 2.45) is 5.34 Å². The highest BCUT2D eigenvalue weighted by Gasteiger charge is 2.02. The normalized spacial score (nSPS) is 9.96. The van der Waals surface area contributed by atoms with E-state index in [2.05, 4.69) is 20.8 Å². The van der Waals surface area contributed by atoms with Crippen LogP contribution in [-0.4, -0.2) is 6.03 Å². The first kappa shape index (κ1) is 16.5. The SMILES string of the molecule is Cc1ccccc1CNC(=O)NCc1ccc(CON=O)cc1. The van der Waals surface area contributed by atoms with Crippen LogP contribution in [0.3, 0.4) is 0 Å². The van der Waals surface area contributed by atoms with E-state index in [0.29, 0.717) is 13.1 Å². The molecule has 0 fully saturated rings. The van der Waals surface area contributed by atoms with Crippen LogP contribution in [0, 0.1) is 11.8 Å². The van der Waals surface area contributed by atoms with E-state index in [0.717, 1.165) is 22.3 Å². The first-order chi connectivity index (χ1) is 11.2. The number of nitrogens with zero attached hydrogens (tertiary/aromatic N) is 1. The van der Waals surface area contributed by atoms with Gasteiger partial charge in [0.25, 0.3) is 0 Å². The molecule has 2 rings (SSSR count). The number of amides is 2. The summed E-state index contributed by atoms with van der Waals surface area (Å²) in [4.78, 5) is 26.1. The van der Waals surface area contributed by atoms with Gasteiger partial charge < -0.3 is 15.5 Å². The quantitative estimate of drug-likeness (QED) is 0.608. The van der Waals surface area contributed by atoms with Crippen LogP contribution in [0.4, 0.5) is 4.79 Å². The first-order valence-corrected chi connectivity index (χ1v) is 7.27. The summed E-state index contributed by atoms with van der Waals surface area (Å²) in [5.41, 5.74) is 4.04. The molecule has 6 heteroatoms. The van der Waals surface area contributed by atoms with E-state index in [1.807, 2.05) is 55.5 Å². The predicted octanol–water partition coefficient (Wildman–Crippen LogP) is 3.19. The molecule has 0 aliphatic carbocycles. The highest BCUT2D eigenvalue weighted by atomic mass is 16.7. The number of hydrogen-bond donors (Lipinski definition) is 2. The number of hydrogen-bond acceptors (Lipinski definition) is 4. The van der Waals surface area contributed by atoms with Gasteiger partial charge in [-0.3, -0.25) is 0 Å². The number of rotatable bonds is 7. The van der Waals surface area contributed by atoms with Crippen molar-refractivity contribution in [3.05, 3.63) is 75.7 Å². The van der Waals surface area contributed by atoms with Crippen LogP contribution in [0.5, 0.6) is 0 Å². The van der Waals surface area contributed by atoms with Gasteiger partial charge in [-0.25, -0.2) is 4.79 Å². The largest absolute Gasteiger partial charge is 0.359 e. The van der Waals surface area contributed by atoms with Crippen LogP contribution in [0.25, 0.3) is 0 Å². The van der Waals surface area contributed by atoms with Crippen molar-refractivity contribution in [3.63, 3.8) is 0 Å². The second-order valence-corrected chi connectivity index (χ2v) is 5.13. The molecule has 0 aliphatic heterocycles. The Kier molecular flexibility index (Phi) is 6.11. The maximum Gasteiger partial charge on any atom is 0.315 e. The summed E-state index contributed by atoms with van der Waals surface area (Å²) in [6.45, 7) is 3.08. The van der Waals surface area contributed by atoms with Crippen LogP contribution in [0.15, 0.2) is 53.9 Å². The summed E-state index contributed by atoms with van der Waals surface area (Å²) in [6.07, 6.45) is 0. The van der Waals surface area contributed by atoms with Crippen LogP contribution >= 0.6 is 0 Å². The molecule has 0 saturated carbocycles. The average molecular weight is 313 g/mol. The summed E-state index contributed by atoms with van der Waals surface area (Å²) in [7, 11) is 0. The minimum atomic E-state index is -0.217. The summed E-state index contributed by atoms with van der Waals surface area (Å²) >= 11 is 0. The highest BCUT2D eigenvalue weighted by molar-refractivity contribution is 5.73. The molecule has 6 nitrogen and oxygen atoms in total. The summed E-state index contributed by atoms with van der Waals surface area (Å²) in [5, 5.41) is 7.98. The standard InChI is InChI=1S/C17H19N3O3/c1-13-4-2-3-5-16(13)11-19-17(21)18-10-14-6-8-15(9-7-14)12-23-20-22/h2-9H,10-12H2,1H3,(H2,18,19,21). The Bertz CT molecular complexity index is 656. The molecular formula is C17H19N3O3. The number of nitrogens with one attached hydrogen (secondary N) is 2. The van der Waals surface area contributed by atoms with Crippen molar-refractivity contribution in [3.8, 4) is 0 Å². The molecule has 0 radical (unpaired) electrons. The van der Waals surface area contributed by atoms with E-state index in [4.69, 9.17) is 0 Å². The van der Waals surface area contributed by atoms with E-state index in [1.54, 1.807) is 0 Å². The molecule has 0 saturated heterocycles. The molecule has 120 valence electrons. The summed E-state index contributed by atoms with van der Waals surface area (Å²) in [6, 6.07) is 15.1. The van der Waals surface area contributed by atoms with Crippen LogP contribution < -0.4 is 10.6 Å². The molecule has 0 aromatic heterocycles. The number of carbonyl (C=O) groups is 1. The first-order valence-electron chi connectivity index (χ1n) is 7.27. The number of benzene rings is 2. The Hall–Kier alpha value is -2.89. The fraction of sp³-hybridized carbons (Fsp3) is 0.235. The third-order valence-corrected chi connectivity index (χ3v) is 3.46. The van der Waals surface area contributed by atoms with E-state index in [9.17, 15) is 9.70 Å². The molecule has 23 heavy (non-hydrogen) atoms. The lowest BCUT2D eigenvalue weighted by Gasteiger charge is -2.09.